The van der Waals surface area contributed by atoms with E-state index in [-0.39, 0.29) is 10.8 Å². The van der Waals surface area contributed by atoms with Crippen LogP contribution < -0.4 is 0 Å². The highest BCUT2D eigenvalue weighted by Gasteiger charge is 2.39. The number of rotatable bonds is 2. The van der Waals surface area contributed by atoms with Crippen LogP contribution >= 0.6 is 11.6 Å². The molecule has 0 bridgehead atoms. The average molecular weight is 621 g/mol. The number of hydrogen-bond donors (Lipinski definition) is 0. The smallest absolute Gasteiger partial charge is 0.0491 e. The van der Waals surface area contributed by atoms with Gasteiger partial charge in [-0.05, 0) is 99.8 Å². The molecule has 0 nitrogen and oxygen atoms in total. The molecule has 0 radical (unpaired) electrons. The van der Waals surface area contributed by atoms with Gasteiger partial charge in [0.1, 0.15) is 0 Å². The molecule has 0 heterocycles. The third kappa shape index (κ3) is 3.39. The molecule has 8 aromatic carbocycles. The van der Waals surface area contributed by atoms with Crippen molar-refractivity contribution < 1.29 is 0 Å². The van der Waals surface area contributed by atoms with E-state index >= 15 is 0 Å². The Kier molecular flexibility index (Phi) is 5.28. The van der Waals surface area contributed by atoms with Gasteiger partial charge in [-0.1, -0.05) is 161 Å². The van der Waals surface area contributed by atoms with Crippen molar-refractivity contribution >= 4 is 43.9 Å². The van der Waals surface area contributed by atoms with E-state index < -0.39 is 0 Å². The SMILES string of the molecule is CC1(C)c2ccccc2-c2cccc(-c3ccc4cc(Cl)c5ccc(-c6cccc7c6C(C)(C)c6ccccc6-7)c6ccc3c4c56)c21. The first-order valence-electron chi connectivity index (χ1n) is 16.6. The maximum atomic E-state index is 7.08. The van der Waals surface area contributed by atoms with Gasteiger partial charge in [-0.2, -0.15) is 0 Å². The van der Waals surface area contributed by atoms with Gasteiger partial charge < -0.3 is 0 Å². The molecule has 10 rings (SSSR count). The van der Waals surface area contributed by atoms with Crippen LogP contribution in [0.1, 0.15) is 49.9 Å². The second-order valence-corrected chi connectivity index (χ2v) is 15.0. The van der Waals surface area contributed by atoms with E-state index in [4.69, 9.17) is 11.6 Å². The van der Waals surface area contributed by atoms with Gasteiger partial charge in [0, 0.05) is 21.2 Å². The molecular weight excluding hydrogens is 588 g/mol. The zero-order chi connectivity index (χ0) is 31.8. The Hall–Kier alpha value is -4.91. The van der Waals surface area contributed by atoms with E-state index in [0.29, 0.717) is 0 Å². The molecule has 0 amide bonds. The van der Waals surface area contributed by atoms with Crippen LogP contribution in [-0.4, -0.2) is 0 Å². The molecule has 0 saturated heterocycles. The maximum absolute atomic E-state index is 7.08. The third-order valence-corrected chi connectivity index (χ3v) is 11.8. The summed E-state index contributed by atoms with van der Waals surface area (Å²) in [6, 6.07) is 47.5. The summed E-state index contributed by atoms with van der Waals surface area (Å²) in [6.07, 6.45) is 0. The normalized spacial score (nSPS) is 15.3. The van der Waals surface area contributed by atoms with Gasteiger partial charge in [0.2, 0.25) is 0 Å². The first kappa shape index (κ1) is 27.2. The second-order valence-electron chi connectivity index (χ2n) is 14.6. The number of hydrogen-bond acceptors (Lipinski definition) is 0. The number of benzene rings is 8. The molecule has 0 aliphatic heterocycles. The van der Waals surface area contributed by atoms with Gasteiger partial charge in [-0.25, -0.2) is 0 Å². The quantitative estimate of drug-likeness (QED) is 0.169. The van der Waals surface area contributed by atoms with Crippen molar-refractivity contribution in [3.63, 3.8) is 0 Å². The van der Waals surface area contributed by atoms with Gasteiger partial charge in [0.05, 0.1) is 0 Å². The average Bonchev–Trinajstić information content (AvgIpc) is 3.47. The largest absolute Gasteiger partial charge is 0.0836 e. The lowest BCUT2D eigenvalue weighted by Gasteiger charge is -2.26. The number of halogens is 1. The number of fused-ring (bicyclic) bond motifs is 6. The summed E-state index contributed by atoms with van der Waals surface area (Å²) in [5.74, 6) is 0. The molecule has 0 saturated carbocycles. The molecule has 224 valence electrons. The monoisotopic (exact) mass is 620 g/mol. The maximum Gasteiger partial charge on any atom is 0.0491 e. The van der Waals surface area contributed by atoms with Crippen LogP contribution in [0.25, 0.3) is 76.8 Å². The Morgan fingerprint density at radius 3 is 1.36 bits per heavy atom. The minimum atomic E-state index is -0.102. The molecule has 0 N–H and O–H groups in total. The van der Waals surface area contributed by atoms with Gasteiger partial charge in [-0.3, -0.25) is 0 Å². The third-order valence-electron chi connectivity index (χ3n) is 11.5. The van der Waals surface area contributed by atoms with Gasteiger partial charge in [0.15, 0.2) is 0 Å². The van der Waals surface area contributed by atoms with Crippen molar-refractivity contribution in [2.24, 2.45) is 0 Å². The van der Waals surface area contributed by atoms with Crippen LogP contribution in [0, 0.1) is 0 Å². The van der Waals surface area contributed by atoms with Gasteiger partial charge in [-0.15, -0.1) is 0 Å². The lowest BCUT2D eigenvalue weighted by Crippen LogP contribution is -2.16. The standard InChI is InChI=1S/C46H33Cl/c1-45(2)38-17-7-5-11-29(38)35-15-9-13-33(43(35)45)27-20-19-26-25-40(47)37-24-21-28(32-23-22-31(27)41(26)42(32)37)34-14-10-16-36-30-12-6-8-18-39(30)46(3,4)44(34)36/h5-25H,1-4H3. The van der Waals surface area contributed by atoms with Crippen LogP contribution in [0.2, 0.25) is 5.02 Å². The first-order valence-corrected chi connectivity index (χ1v) is 17.0. The summed E-state index contributed by atoms with van der Waals surface area (Å²) in [4.78, 5) is 0. The van der Waals surface area contributed by atoms with Crippen molar-refractivity contribution in [1.82, 2.24) is 0 Å². The molecule has 0 unspecified atom stereocenters. The second kappa shape index (κ2) is 9.12. The Morgan fingerprint density at radius 1 is 0.383 bits per heavy atom. The van der Waals surface area contributed by atoms with Crippen LogP contribution in [-0.2, 0) is 10.8 Å². The van der Waals surface area contributed by atoms with Gasteiger partial charge in [0.25, 0.3) is 0 Å². The summed E-state index contributed by atoms with van der Waals surface area (Å²) in [6.45, 7) is 9.50. The molecule has 47 heavy (non-hydrogen) atoms. The molecule has 1 heteroatoms. The molecule has 0 fully saturated rings. The van der Waals surface area contributed by atoms with Crippen LogP contribution in [0.15, 0.2) is 127 Å². The molecule has 2 aliphatic rings. The van der Waals surface area contributed by atoms with E-state index in [1.165, 1.54) is 93.7 Å². The fraction of sp³-hybridized carbons (Fsp3) is 0.130. The van der Waals surface area contributed by atoms with E-state index in [1.54, 1.807) is 0 Å². The molecule has 2 aliphatic carbocycles. The summed E-state index contributed by atoms with van der Waals surface area (Å²) in [7, 11) is 0. The topological polar surface area (TPSA) is 0 Å². The highest BCUT2D eigenvalue weighted by Crippen LogP contribution is 2.55. The summed E-state index contributed by atoms with van der Waals surface area (Å²) >= 11 is 7.08. The summed E-state index contributed by atoms with van der Waals surface area (Å²) in [5.41, 5.74) is 16.0. The summed E-state index contributed by atoms with van der Waals surface area (Å²) < 4.78 is 0. The minimum Gasteiger partial charge on any atom is -0.0836 e. The van der Waals surface area contributed by atoms with E-state index in [2.05, 4.69) is 155 Å². The lowest BCUT2D eigenvalue weighted by atomic mass is 9.77. The highest BCUT2D eigenvalue weighted by molar-refractivity contribution is 6.40. The highest BCUT2D eigenvalue weighted by atomic mass is 35.5. The van der Waals surface area contributed by atoms with Crippen molar-refractivity contribution in [3.05, 3.63) is 155 Å². The molecular formula is C46H33Cl. The zero-order valence-corrected chi connectivity index (χ0v) is 27.8. The molecule has 0 atom stereocenters. The Labute approximate surface area is 280 Å². The van der Waals surface area contributed by atoms with Crippen molar-refractivity contribution in [3.8, 4) is 44.5 Å². The van der Waals surface area contributed by atoms with Crippen LogP contribution in [0.5, 0.6) is 0 Å². The van der Waals surface area contributed by atoms with E-state index in [1.807, 2.05) is 0 Å². The Balaban J connectivity index is 1.27. The van der Waals surface area contributed by atoms with Crippen LogP contribution in [0.3, 0.4) is 0 Å². The van der Waals surface area contributed by atoms with Crippen molar-refractivity contribution in [2.75, 3.05) is 0 Å². The first-order chi connectivity index (χ1) is 22.8. The Morgan fingerprint density at radius 2 is 0.809 bits per heavy atom. The van der Waals surface area contributed by atoms with E-state index in [0.717, 1.165) is 10.4 Å². The van der Waals surface area contributed by atoms with Crippen LogP contribution in [0.4, 0.5) is 0 Å². The summed E-state index contributed by atoms with van der Waals surface area (Å²) in [5, 5.41) is 8.18. The molecule has 0 spiro atoms. The zero-order valence-electron chi connectivity index (χ0n) is 27.0. The minimum absolute atomic E-state index is 0.0962. The molecule has 0 aromatic heterocycles. The fourth-order valence-corrected chi connectivity index (χ4v) is 9.74. The van der Waals surface area contributed by atoms with Gasteiger partial charge >= 0.3 is 0 Å². The van der Waals surface area contributed by atoms with E-state index in [9.17, 15) is 0 Å². The Bertz CT molecular complexity index is 2630. The van der Waals surface area contributed by atoms with Crippen molar-refractivity contribution in [1.29, 1.82) is 0 Å². The predicted molar refractivity (Wildman–Crippen MR) is 201 cm³/mol. The lowest BCUT2D eigenvalue weighted by molar-refractivity contribution is 0.662. The molecule has 8 aromatic rings. The predicted octanol–water partition coefficient (Wildman–Crippen LogP) is 13.2. The van der Waals surface area contributed by atoms with Crippen molar-refractivity contribution in [2.45, 2.75) is 38.5 Å². The fourth-order valence-electron chi connectivity index (χ4n) is 9.46.